The van der Waals surface area contributed by atoms with Crippen LogP contribution in [0.4, 0.5) is 5.69 Å². The molecular formula is C26H35N5O3. The number of hydrogen-bond acceptors (Lipinski definition) is 5. The molecule has 0 aliphatic carbocycles. The van der Waals surface area contributed by atoms with Crippen LogP contribution in [-0.2, 0) is 17.8 Å². The van der Waals surface area contributed by atoms with Gasteiger partial charge in [0.15, 0.2) is 0 Å². The molecule has 1 fully saturated rings. The van der Waals surface area contributed by atoms with Crippen molar-refractivity contribution in [1.29, 1.82) is 0 Å². The number of nitrogens with zero attached hydrogens (tertiary/aromatic N) is 3. The van der Waals surface area contributed by atoms with Crippen molar-refractivity contribution in [3.8, 4) is 0 Å². The number of aromatic amines is 1. The lowest BCUT2D eigenvalue weighted by molar-refractivity contribution is 0.0846. The minimum absolute atomic E-state index is 0.161. The van der Waals surface area contributed by atoms with Gasteiger partial charge in [-0.2, -0.15) is 5.10 Å². The number of pyridine rings is 1. The van der Waals surface area contributed by atoms with Gasteiger partial charge in [-0.25, -0.2) is 0 Å². The van der Waals surface area contributed by atoms with Crippen molar-refractivity contribution >= 4 is 22.5 Å². The van der Waals surface area contributed by atoms with Crippen LogP contribution in [0.15, 0.2) is 23.1 Å². The standard InChI is InChI=1S/C26H35N5O3/c1-6-30(19-8-10-34-11-9-19)23-13-20(18(5)24-22(23)15-28-31(24)7-2)25(32)27-14-21-16(3)12-17(4)29-26(21)33/h12-13,15,19H,6-11,14H2,1-5H3,(H,27,32)(H,29,33). The minimum Gasteiger partial charge on any atom is -0.381 e. The average molecular weight is 466 g/mol. The molecule has 2 N–H and O–H groups in total. The first-order valence-corrected chi connectivity index (χ1v) is 12.2. The van der Waals surface area contributed by atoms with Crippen LogP contribution in [-0.4, -0.2) is 46.5 Å². The maximum atomic E-state index is 13.4. The maximum absolute atomic E-state index is 13.4. The summed E-state index contributed by atoms with van der Waals surface area (Å²) in [7, 11) is 0. The van der Waals surface area contributed by atoms with Crippen LogP contribution in [0.1, 0.15) is 59.4 Å². The van der Waals surface area contributed by atoms with E-state index in [4.69, 9.17) is 4.74 Å². The number of nitrogens with one attached hydrogen (secondary N) is 2. The lowest BCUT2D eigenvalue weighted by Crippen LogP contribution is -2.39. The van der Waals surface area contributed by atoms with Crippen molar-refractivity contribution in [3.63, 3.8) is 0 Å². The highest BCUT2D eigenvalue weighted by Gasteiger charge is 2.26. The molecule has 0 bridgehead atoms. The molecule has 1 amide bonds. The third-order valence-electron chi connectivity index (χ3n) is 6.90. The van der Waals surface area contributed by atoms with Gasteiger partial charge < -0.3 is 19.9 Å². The van der Waals surface area contributed by atoms with Gasteiger partial charge in [0.25, 0.3) is 11.5 Å². The second-order valence-corrected chi connectivity index (χ2v) is 9.05. The number of carbonyl (C=O) groups excluding carboxylic acids is 1. The number of anilines is 1. The Balaban J connectivity index is 1.74. The van der Waals surface area contributed by atoms with Crippen LogP contribution in [0.2, 0.25) is 0 Å². The maximum Gasteiger partial charge on any atom is 0.253 e. The van der Waals surface area contributed by atoms with E-state index in [0.717, 1.165) is 72.6 Å². The largest absolute Gasteiger partial charge is 0.381 e. The number of hydrogen-bond donors (Lipinski definition) is 2. The number of rotatable bonds is 7. The molecule has 2 aromatic heterocycles. The Bertz CT molecular complexity index is 1250. The van der Waals surface area contributed by atoms with Gasteiger partial charge in [-0.15, -0.1) is 0 Å². The van der Waals surface area contributed by atoms with E-state index < -0.39 is 0 Å². The monoisotopic (exact) mass is 465 g/mol. The molecular weight excluding hydrogens is 430 g/mol. The van der Waals surface area contributed by atoms with Crippen molar-refractivity contribution in [2.75, 3.05) is 24.7 Å². The summed E-state index contributed by atoms with van der Waals surface area (Å²) in [6.07, 6.45) is 3.84. The second-order valence-electron chi connectivity index (χ2n) is 9.05. The summed E-state index contributed by atoms with van der Waals surface area (Å²) in [6, 6.07) is 4.28. The second kappa shape index (κ2) is 10.0. The molecule has 0 unspecified atom stereocenters. The first-order valence-electron chi connectivity index (χ1n) is 12.2. The molecule has 1 saturated heterocycles. The van der Waals surface area contributed by atoms with E-state index in [1.54, 1.807) is 0 Å². The highest BCUT2D eigenvalue weighted by atomic mass is 16.5. The Hall–Kier alpha value is -3.13. The first kappa shape index (κ1) is 24.0. The molecule has 8 nitrogen and oxygen atoms in total. The normalized spacial score (nSPS) is 14.5. The Labute approximate surface area is 200 Å². The summed E-state index contributed by atoms with van der Waals surface area (Å²) >= 11 is 0. The number of benzene rings is 1. The number of aromatic nitrogens is 3. The molecule has 182 valence electrons. The van der Waals surface area contributed by atoms with Gasteiger partial charge >= 0.3 is 0 Å². The van der Waals surface area contributed by atoms with E-state index in [1.807, 2.05) is 43.8 Å². The quantitative estimate of drug-likeness (QED) is 0.556. The summed E-state index contributed by atoms with van der Waals surface area (Å²) < 4.78 is 7.54. The highest BCUT2D eigenvalue weighted by molar-refractivity contribution is 6.05. The lowest BCUT2D eigenvalue weighted by Gasteiger charge is -2.36. The fraction of sp³-hybridized carbons (Fsp3) is 0.500. The van der Waals surface area contributed by atoms with E-state index in [2.05, 4.69) is 34.1 Å². The summed E-state index contributed by atoms with van der Waals surface area (Å²) in [5.41, 5.74) is 5.63. The zero-order valence-electron chi connectivity index (χ0n) is 20.8. The molecule has 3 aromatic rings. The Morgan fingerprint density at radius 2 is 1.97 bits per heavy atom. The third kappa shape index (κ3) is 4.46. The van der Waals surface area contributed by atoms with Gasteiger partial charge in [-0.05, 0) is 70.7 Å². The Kier molecular flexibility index (Phi) is 7.07. The number of fused-ring (bicyclic) bond motifs is 1. The van der Waals surface area contributed by atoms with Gasteiger partial charge in [0, 0.05) is 66.8 Å². The first-order chi connectivity index (χ1) is 16.3. The topological polar surface area (TPSA) is 92.3 Å². The number of carbonyl (C=O) groups is 1. The summed E-state index contributed by atoms with van der Waals surface area (Å²) in [4.78, 5) is 31.1. The third-order valence-corrected chi connectivity index (χ3v) is 6.90. The van der Waals surface area contributed by atoms with Crippen LogP contribution in [0.3, 0.4) is 0 Å². The number of H-pyrrole nitrogens is 1. The van der Waals surface area contributed by atoms with E-state index in [0.29, 0.717) is 17.2 Å². The van der Waals surface area contributed by atoms with Gasteiger partial charge in [-0.3, -0.25) is 14.3 Å². The van der Waals surface area contributed by atoms with E-state index in [-0.39, 0.29) is 18.0 Å². The molecule has 4 rings (SSSR count). The molecule has 3 heterocycles. The average Bonchev–Trinajstić information content (AvgIpc) is 3.25. The zero-order chi connectivity index (χ0) is 24.4. The minimum atomic E-state index is -0.188. The van der Waals surface area contributed by atoms with Crippen molar-refractivity contribution < 1.29 is 9.53 Å². The molecule has 0 radical (unpaired) electrons. The molecule has 0 saturated carbocycles. The molecule has 0 atom stereocenters. The Morgan fingerprint density at radius 3 is 2.62 bits per heavy atom. The summed E-state index contributed by atoms with van der Waals surface area (Å²) in [5.74, 6) is -0.188. The van der Waals surface area contributed by atoms with Crippen molar-refractivity contribution in [2.24, 2.45) is 0 Å². The van der Waals surface area contributed by atoms with Crippen LogP contribution in [0.5, 0.6) is 0 Å². The zero-order valence-corrected chi connectivity index (χ0v) is 20.8. The molecule has 0 spiro atoms. The van der Waals surface area contributed by atoms with Gasteiger partial charge in [0.05, 0.1) is 11.7 Å². The fourth-order valence-electron chi connectivity index (χ4n) is 5.12. The van der Waals surface area contributed by atoms with Gasteiger partial charge in [0.2, 0.25) is 0 Å². The van der Waals surface area contributed by atoms with Crippen molar-refractivity contribution in [1.82, 2.24) is 20.1 Å². The van der Waals surface area contributed by atoms with Crippen molar-refractivity contribution in [3.05, 3.63) is 56.6 Å². The predicted octanol–water partition coefficient (Wildman–Crippen LogP) is 3.61. The molecule has 8 heteroatoms. The Morgan fingerprint density at radius 1 is 1.24 bits per heavy atom. The fourth-order valence-corrected chi connectivity index (χ4v) is 5.12. The molecule has 1 aromatic carbocycles. The van der Waals surface area contributed by atoms with Crippen LogP contribution in [0.25, 0.3) is 10.9 Å². The van der Waals surface area contributed by atoms with Crippen LogP contribution >= 0.6 is 0 Å². The number of amides is 1. The van der Waals surface area contributed by atoms with Crippen molar-refractivity contribution in [2.45, 2.75) is 66.6 Å². The van der Waals surface area contributed by atoms with E-state index in [9.17, 15) is 9.59 Å². The molecule has 34 heavy (non-hydrogen) atoms. The smallest absolute Gasteiger partial charge is 0.253 e. The predicted molar refractivity (Wildman–Crippen MR) is 135 cm³/mol. The summed E-state index contributed by atoms with van der Waals surface area (Å²) in [6.45, 7) is 13.2. The number of aryl methyl sites for hydroxylation is 4. The highest BCUT2D eigenvalue weighted by Crippen LogP contribution is 2.34. The molecule has 1 aliphatic heterocycles. The van der Waals surface area contributed by atoms with E-state index >= 15 is 0 Å². The SMILES string of the molecule is CCN(c1cc(C(=O)NCc2c(C)cc(C)[nH]c2=O)c(C)c2c1cnn2CC)C1CCOCC1. The van der Waals surface area contributed by atoms with Crippen LogP contribution < -0.4 is 15.8 Å². The lowest BCUT2D eigenvalue weighted by atomic mass is 9.99. The van der Waals surface area contributed by atoms with Gasteiger partial charge in [-0.1, -0.05) is 0 Å². The number of ether oxygens (including phenoxy) is 1. The van der Waals surface area contributed by atoms with E-state index in [1.165, 1.54) is 0 Å². The summed E-state index contributed by atoms with van der Waals surface area (Å²) in [5, 5.41) is 8.66. The van der Waals surface area contributed by atoms with Gasteiger partial charge in [0.1, 0.15) is 0 Å². The van der Waals surface area contributed by atoms with Crippen LogP contribution in [0, 0.1) is 20.8 Å². The molecule has 1 aliphatic rings.